The molecule has 1 amide bonds. The number of hydrogen-bond donors (Lipinski definition) is 1. The van der Waals surface area contributed by atoms with E-state index in [2.05, 4.69) is 4.98 Å². The van der Waals surface area contributed by atoms with Gasteiger partial charge < -0.3 is 10.6 Å². The lowest BCUT2D eigenvalue weighted by molar-refractivity contribution is -0.107. The molecule has 1 aromatic carbocycles. The van der Waals surface area contributed by atoms with Crippen molar-refractivity contribution < 1.29 is 4.79 Å². The molecule has 4 nitrogen and oxygen atoms in total. The van der Waals surface area contributed by atoms with Gasteiger partial charge in [0.05, 0.1) is 11.4 Å². The fourth-order valence-corrected chi connectivity index (χ4v) is 1.76. The molecule has 0 bridgehead atoms. The van der Waals surface area contributed by atoms with Crippen LogP contribution in [0.3, 0.4) is 0 Å². The third-order valence-electron chi connectivity index (χ3n) is 2.71. The van der Waals surface area contributed by atoms with Crippen LogP contribution < -0.4 is 10.6 Å². The SMILES string of the molecule is Nc1ccccc1N(C=O)CCc1ccccn1. The summed E-state index contributed by atoms with van der Waals surface area (Å²) in [6.07, 6.45) is 3.25. The molecule has 0 aliphatic carbocycles. The molecule has 2 aromatic rings. The number of nitrogens with zero attached hydrogens (tertiary/aromatic N) is 2. The minimum absolute atomic E-state index is 0.564. The van der Waals surface area contributed by atoms with Gasteiger partial charge in [-0.2, -0.15) is 0 Å². The van der Waals surface area contributed by atoms with Crippen molar-refractivity contribution in [2.75, 3.05) is 17.2 Å². The zero-order valence-electron chi connectivity index (χ0n) is 9.99. The average Bonchev–Trinajstić information content (AvgIpc) is 2.42. The van der Waals surface area contributed by atoms with Crippen LogP contribution in [0.5, 0.6) is 0 Å². The number of anilines is 2. The van der Waals surface area contributed by atoms with Gasteiger partial charge in [0.2, 0.25) is 6.41 Å². The van der Waals surface area contributed by atoms with Gasteiger partial charge >= 0.3 is 0 Å². The van der Waals surface area contributed by atoms with E-state index in [1.165, 1.54) is 0 Å². The molecule has 2 N–H and O–H groups in total. The molecule has 0 spiro atoms. The van der Waals surface area contributed by atoms with Crippen LogP contribution in [0.15, 0.2) is 48.7 Å². The summed E-state index contributed by atoms with van der Waals surface area (Å²) < 4.78 is 0. The summed E-state index contributed by atoms with van der Waals surface area (Å²) in [7, 11) is 0. The van der Waals surface area contributed by atoms with Gasteiger partial charge in [0.25, 0.3) is 0 Å². The largest absolute Gasteiger partial charge is 0.397 e. The van der Waals surface area contributed by atoms with E-state index in [4.69, 9.17) is 5.73 Å². The minimum atomic E-state index is 0.564. The highest BCUT2D eigenvalue weighted by Gasteiger charge is 2.08. The van der Waals surface area contributed by atoms with Crippen LogP contribution in [-0.2, 0) is 11.2 Å². The number of para-hydroxylation sites is 2. The van der Waals surface area contributed by atoms with Gasteiger partial charge in [-0.3, -0.25) is 9.78 Å². The molecule has 92 valence electrons. The second-order valence-corrected chi connectivity index (χ2v) is 3.93. The van der Waals surface area contributed by atoms with E-state index < -0.39 is 0 Å². The molecule has 18 heavy (non-hydrogen) atoms. The number of rotatable bonds is 5. The van der Waals surface area contributed by atoms with Crippen LogP contribution in [-0.4, -0.2) is 17.9 Å². The van der Waals surface area contributed by atoms with Gasteiger partial charge in [-0.25, -0.2) is 0 Å². The number of hydrogen-bond acceptors (Lipinski definition) is 3. The van der Waals surface area contributed by atoms with Crippen molar-refractivity contribution >= 4 is 17.8 Å². The summed E-state index contributed by atoms with van der Waals surface area (Å²) in [6, 6.07) is 13.1. The third kappa shape index (κ3) is 2.85. The highest BCUT2D eigenvalue weighted by molar-refractivity contribution is 5.82. The van der Waals surface area contributed by atoms with Crippen molar-refractivity contribution in [3.05, 3.63) is 54.4 Å². The van der Waals surface area contributed by atoms with Crippen molar-refractivity contribution in [2.24, 2.45) is 0 Å². The van der Waals surface area contributed by atoms with Gasteiger partial charge in [-0.15, -0.1) is 0 Å². The molecule has 0 fully saturated rings. The van der Waals surface area contributed by atoms with E-state index in [9.17, 15) is 4.79 Å². The molecule has 0 saturated heterocycles. The van der Waals surface area contributed by atoms with E-state index in [0.717, 1.165) is 17.8 Å². The van der Waals surface area contributed by atoms with Gasteiger partial charge in [0.1, 0.15) is 0 Å². The maximum absolute atomic E-state index is 11.1. The van der Waals surface area contributed by atoms with Crippen molar-refractivity contribution in [3.63, 3.8) is 0 Å². The number of nitrogens with two attached hydrogens (primary N) is 1. The average molecular weight is 241 g/mol. The predicted octanol–water partition coefficient (Wildman–Crippen LogP) is 1.87. The van der Waals surface area contributed by atoms with Crippen molar-refractivity contribution in [3.8, 4) is 0 Å². The molecule has 0 aliphatic rings. The van der Waals surface area contributed by atoms with Crippen LogP contribution in [0.25, 0.3) is 0 Å². The predicted molar refractivity (Wildman–Crippen MR) is 72.2 cm³/mol. The summed E-state index contributed by atoms with van der Waals surface area (Å²) in [4.78, 5) is 17.0. The molecule has 0 aliphatic heterocycles. The van der Waals surface area contributed by atoms with Crippen LogP contribution in [0.2, 0.25) is 0 Å². The highest BCUT2D eigenvalue weighted by Crippen LogP contribution is 2.21. The Morgan fingerprint density at radius 1 is 1.17 bits per heavy atom. The van der Waals surface area contributed by atoms with Crippen LogP contribution in [0.4, 0.5) is 11.4 Å². The lowest BCUT2D eigenvalue weighted by atomic mass is 10.2. The van der Waals surface area contributed by atoms with E-state index in [1.54, 1.807) is 17.2 Å². The topological polar surface area (TPSA) is 59.2 Å². The lowest BCUT2D eigenvalue weighted by Crippen LogP contribution is -2.25. The molecular weight excluding hydrogens is 226 g/mol. The zero-order valence-corrected chi connectivity index (χ0v) is 9.99. The normalized spacial score (nSPS) is 10.0. The summed E-state index contributed by atoms with van der Waals surface area (Å²) >= 11 is 0. The Balaban J connectivity index is 2.07. The summed E-state index contributed by atoms with van der Waals surface area (Å²) in [5.74, 6) is 0. The van der Waals surface area contributed by atoms with Crippen molar-refractivity contribution in [1.29, 1.82) is 0 Å². The van der Waals surface area contributed by atoms with Crippen molar-refractivity contribution in [2.45, 2.75) is 6.42 Å². The van der Waals surface area contributed by atoms with E-state index >= 15 is 0 Å². The maximum Gasteiger partial charge on any atom is 0.214 e. The number of carbonyl (C=O) groups excluding carboxylic acids is 1. The monoisotopic (exact) mass is 241 g/mol. The fraction of sp³-hybridized carbons (Fsp3) is 0.143. The zero-order chi connectivity index (χ0) is 12.8. The van der Waals surface area contributed by atoms with Crippen LogP contribution in [0.1, 0.15) is 5.69 Å². The Morgan fingerprint density at radius 3 is 2.61 bits per heavy atom. The Hall–Kier alpha value is -2.36. The van der Waals surface area contributed by atoms with Crippen molar-refractivity contribution in [1.82, 2.24) is 4.98 Å². The standard InChI is InChI=1S/C14H15N3O/c15-13-6-1-2-7-14(13)17(11-18)10-8-12-5-3-4-9-16-12/h1-7,9,11H,8,10,15H2. The molecule has 0 saturated carbocycles. The Bertz CT molecular complexity index is 513. The van der Waals surface area contributed by atoms with Gasteiger partial charge in [0.15, 0.2) is 0 Å². The number of carbonyl (C=O) groups is 1. The van der Waals surface area contributed by atoms with Gasteiger partial charge in [-0.05, 0) is 24.3 Å². The molecule has 1 heterocycles. The molecule has 0 atom stereocenters. The fourth-order valence-electron chi connectivity index (χ4n) is 1.76. The highest BCUT2D eigenvalue weighted by atomic mass is 16.1. The first-order valence-electron chi connectivity index (χ1n) is 5.77. The smallest absolute Gasteiger partial charge is 0.214 e. The quantitative estimate of drug-likeness (QED) is 0.642. The summed E-state index contributed by atoms with van der Waals surface area (Å²) in [6.45, 7) is 0.564. The number of benzene rings is 1. The first-order valence-corrected chi connectivity index (χ1v) is 5.77. The first-order chi connectivity index (χ1) is 8.81. The number of amides is 1. The maximum atomic E-state index is 11.1. The number of aromatic nitrogens is 1. The molecule has 4 heteroatoms. The summed E-state index contributed by atoms with van der Waals surface area (Å²) in [5.41, 5.74) is 8.15. The molecular formula is C14H15N3O. The Kier molecular flexibility index (Phi) is 3.91. The second kappa shape index (κ2) is 5.82. The Morgan fingerprint density at radius 2 is 1.94 bits per heavy atom. The molecule has 1 aromatic heterocycles. The Labute approximate surface area is 106 Å². The van der Waals surface area contributed by atoms with E-state index in [-0.39, 0.29) is 0 Å². The molecule has 0 radical (unpaired) electrons. The van der Waals surface area contributed by atoms with Gasteiger partial charge in [0, 0.05) is 24.9 Å². The lowest BCUT2D eigenvalue weighted by Gasteiger charge is -2.18. The van der Waals surface area contributed by atoms with Crippen LogP contribution >= 0.6 is 0 Å². The number of pyridine rings is 1. The first kappa shape index (κ1) is 12.1. The van der Waals surface area contributed by atoms with Crippen LogP contribution in [0, 0.1) is 0 Å². The molecule has 2 rings (SSSR count). The molecule has 0 unspecified atom stereocenters. The van der Waals surface area contributed by atoms with E-state index in [0.29, 0.717) is 18.7 Å². The third-order valence-corrected chi connectivity index (χ3v) is 2.71. The summed E-state index contributed by atoms with van der Waals surface area (Å²) in [5, 5.41) is 0. The number of nitrogen functional groups attached to an aromatic ring is 1. The van der Waals surface area contributed by atoms with Gasteiger partial charge in [-0.1, -0.05) is 18.2 Å². The van der Waals surface area contributed by atoms with E-state index in [1.807, 2.05) is 36.4 Å². The minimum Gasteiger partial charge on any atom is -0.397 e. The second-order valence-electron chi connectivity index (χ2n) is 3.93.